The molecule has 4 aliphatic rings. The number of para-hydroxylation sites is 1. The molecule has 12 heteroatoms. The van der Waals surface area contributed by atoms with Crippen LogP contribution < -0.4 is 10.6 Å². The summed E-state index contributed by atoms with van der Waals surface area (Å²) in [5.41, 5.74) is 4.39. The highest BCUT2D eigenvalue weighted by Gasteiger charge is 2.35. The van der Waals surface area contributed by atoms with Crippen molar-refractivity contribution in [3.8, 4) is 0 Å². The van der Waals surface area contributed by atoms with Crippen LogP contribution in [0.5, 0.6) is 0 Å². The molecule has 12 nitrogen and oxygen atoms in total. The van der Waals surface area contributed by atoms with Gasteiger partial charge in [0.25, 0.3) is 0 Å². The van der Waals surface area contributed by atoms with Crippen LogP contribution in [0.25, 0.3) is 11.0 Å². The van der Waals surface area contributed by atoms with Crippen molar-refractivity contribution in [1.82, 2.24) is 40.3 Å². The van der Waals surface area contributed by atoms with Gasteiger partial charge >= 0.3 is 12.1 Å². The molecule has 1 unspecified atom stereocenters. The quantitative estimate of drug-likeness (QED) is 0.390. The Labute approximate surface area is 263 Å². The van der Waals surface area contributed by atoms with E-state index in [9.17, 15) is 14.4 Å². The summed E-state index contributed by atoms with van der Waals surface area (Å²) in [6.45, 7) is 5.36. The van der Waals surface area contributed by atoms with Crippen molar-refractivity contribution in [2.75, 3.05) is 44.6 Å². The van der Waals surface area contributed by atoms with Crippen LogP contribution in [0.15, 0.2) is 42.5 Å². The van der Waals surface area contributed by atoms with Gasteiger partial charge in [0, 0.05) is 56.9 Å². The molecule has 2 aromatic carbocycles. The largest absolute Gasteiger partial charge is 0.341 e. The number of hydrogen-bond donors (Lipinski definition) is 3. The third-order valence-corrected chi connectivity index (χ3v) is 10.2. The summed E-state index contributed by atoms with van der Waals surface area (Å²) in [5.74, 6) is -0.0285. The molecule has 3 saturated heterocycles. The van der Waals surface area contributed by atoms with E-state index >= 15 is 0 Å². The van der Waals surface area contributed by atoms with E-state index in [4.69, 9.17) is 0 Å². The minimum Gasteiger partial charge on any atom is -0.341 e. The van der Waals surface area contributed by atoms with Gasteiger partial charge in [-0.2, -0.15) is 15.4 Å². The first-order chi connectivity index (χ1) is 22.0. The second-order valence-corrected chi connectivity index (χ2v) is 12.9. The van der Waals surface area contributed by atoms with Gasteiger partial charge in [-0.1, -0.05) is 30.7 Å². The Morgan fingerprint density at radius 1 is 0.844 bits per heavy atom. The minimum absolute atomic E-state index is 0.0285. The lowest BCUT2D eigenvalue weighted by molar-refractivity contribution is -0.134. The van der Waals surface area contributed by atoms with Gasteiger partial charge in [-0.05, 0) is 80.9 Å². The van der Waals surface area contributed by atoms with Crippen molar-refractivity contribution in [2.24, 2.45) is 0 Å². The summed E-state index contributed by atoms with van der Waals surface area (Å²) in [6.07, 6.45) is 7.54. The van der Waals surface area contributed by atoms with E-state index in [0.29, 0.717) is 58.0 Å². The SMILES string of the molecule is O=C(NC(Cc1ccc2n[nH]nc2c1)C(=O)N1CCC(N2CCCCC2)CC1)N1CCC(N2Cc3ccccc3NC2=O)CC1. The topological polar surface area (TPSA) is 130 Å². The highest BCUT2D eigenvalue weighted by molar-refractivity contribution is 5.92. The Kier molecular flexibility index (Phi) is 8.55. The van der Waals surface area contributed by atoms with Crippen molar-refractivity contribution in [2.45, 2.75) is 76.0 Å². The Morgan fingerprint density at radius 3 is 2.36 bits per heavy atom. The van der Waals surface area contributed by atoms with Crippen molar-refractivity contribution in [3.63, 3.8) is 0 Å². The number of rotatable bonds is 6. The van der Waals surface area contributed by atoms with Crippen LogP contribution in [0.3, 0.4) is 0 Å². The van der Waals surface area contributed by atoms with Gasteiger partial charge in [-0.15, -0.1) is 0 Å². The summed E-state index contributed by atoms with van der Waals surface area (Å²) < 4.78 is 0. The smallest absolute Gasteiger partial charge is 0.322 e. The van der Waals surface area contributed by atoms with Crippen LogP contribution in [0, 0.1) is 0 Å². The summed E-state index contributed by atoms with van der Waals surface area (Å²) in [6, 6.07) is 13.2. The number of H-pyrrole nitrogens is 1. The molecule has 3 fully saturated rings. The number of carbonyl (C=O) groups is 3. The average Bonchev–Trinajstić information content (AvgIpc) is 3.56. The fourth-order valence-corrected chi connectivity index (χ4v) is 7.54. The fourth-order valence-electron chi connectivity index (χ4n) is 7.54. The lowest BCUT2D eigenvalue weighted by Crippen LogP contribution is -2.57. The number of hydrogen-bond acceptors (Lipinski definition) is 6. The first-order valence-corrected chi connectivity index (χ1v) is 16.5. The Morgan fingerprint density at radius 2 is 1.56 bits per heavy atom. The van der Waals surface area contributed by atoms with Crippen molar-refractivity contribution >= 4 is 34.7 Å². The summed E-state index contributed by atoms with van der Waals surface area (Å²) in [5, 5.41) is 17.1. The Hall–Kier alpha value is -4.19. The van der Waals surface area contributed by atoms with Gasteiger partial charge in [0.05, 0.1) is 0 Å². The number of benzene rings is 2. The molecule has 5 amide bonds. The molecule has 7 rings (SSSR count). The molecular formula is C33H43N9O3. The zero-order chi connectivity index (χ0) is 30.8. The summed E-state index contributed by atoms with van der Waals surface area (Å²) in [7, 11) is 0. The minimum atomic E-state index is -0.685. The third-order valence-electron chi connectivity index (χ3n) is 10.2. The van der Waals surface area contributed by atoms with Gasteiger partial charge in [0.15, 0.2) is 0 Å². The first kappa shape index (κ1) is 29.5. The fraction of sp³-hybridized carbons (Fsp3) is 0.545. The monoisotopic (exact) mass is 613 g/mol. The number of carbonyl (C=O) groups excluding carboxylic acids is 3. The number of aromatic amines is 1. The van der Waals surface area contributed by atoms with Crippen molar-refractivity contribution < 1.29 is 14.4 Å². The average molecular weight is 614 g/mol. The van der Waals surface area contributed by atoms with Gasteiger partial charge in [-0.25, -0.2) is 9.59 Å². The van der Waals surface area contributed by atoms with Gasteiger partial charge in [0.2, 0.25) is 5.91 Å². The number of amides is 5. The molecule has 0 radical (unpaired) electrons. The van der Waals surface area contributed by atoms with Crippen molar-refractivity contribution in [1.29, 1.82) is 0 Å². The number of aromatic nitrogens is 3. The number of nitrogens with zero attached hydrogens (tertiary/aromatic N) is 6. The van der Waals surface area contributed by atoms with Crippen LogP contribution in [0.1, 0.15) is 56.1 Å². The molecule has 3 aromatic rings. The number of nitrogens with one attached hydrogen (secondary N) is 3. The molecule has 3 N–H and O–H groups in total. The lowest BCUT2D eigenvalue weighted by Gasteiger charge is -2.42. The summed E-state index contributed by atoms with van der Waals surface area (Å²) >= 11 is 0. The molecule has 4 aliphatic heterocycles. The van der Waals surface area contributed by atoms with Crippen LogP contribution in [-0.4, -0.2) is 110 Å². The maximum absolute atomic E-state index is 14.0. The van der Waals surface area contributed by atoms with E-state index in [1.54, 1.807) is 4.90 Å². The molecule has 0 saturated carbocycles. The van der Waals surface area contributed by atoms with Crippen LogP contribution in [0.4, 0.5) is 15.3 Å². The van der Waals surface area contributed by atoms with E-state index in [-0.39, 0.29) is 24.0 Å². The Bertz CT molecular complexity index is 1520. The lowest BCUT2D eigenvalue weighted by atomic mass is 9.98. The second kappa shape index (κ2) is 13.0. The number of likely N-dealkylation sites (tertiary alicyclic amines) is 3. The van der Waals surface area contributed by atoms with Gasteiger partial charge in [0.1, 0.15) is 17.1 Å². The van der Waals surface area contributed by atoms with Crippen molar-refractivity contribution in [3.05, 3.63) is 53.6 Å². The number of piperidine rings is 3. The molecule has 0 aliphatic carbocycles. The van der Waals surface area contributed by atoms with E-state index < -0.39 is 6.04 Å². The van der Waals surface area contributed by atoms with Crippen LogP contribution >= 0.6 is 0 Å². The van der Waals surface area contributed by atoms with Crippen LogP contribution in [-0.2, 0) is 17.8 Å². The molecule has 5 heterocycles. The first-order valence-electron chi connectivity index (χ1n) is 16.5. The highest BCUT2D eigenvalue weighted by atomic mass is 16.2. The molecule has 45 heavy (non-hydrogen) atoms. The Balaban J connectivity index is 0.994. The number of fused-ring (bicyclic) bond motifs is 2. The maximum Gasteiger partial charge on any atom is 0.322 e. The molecule has 0 spiro atoms. The zero-order valence-corrected chi connectivity index (χ0v) is 25.8. The third kappa shape index (κ3) is 6.47. The van der Waals surface area contributed by atoms with Gasteiger partial charge in [-0.3, -0.25) is 4.79 Å². The highest BCUT2D eigenvalue weighted by Crippen LogP contribution is 2.28. The predicted octanol–water partition coefficient (Wildman–Crippen LogP) is 3.57. The number of urea groups is 2. The molecular weight excluding hydrogens is 570 g/mol. The normalized spacial score (nSPS) is 21.0. The van der Waals surface area contributed by atoms with E-state index in [1.165, 1.54) is 19.3 Å². The van der Waals surface area contributed by atoms with Gasteiger partial charge < -0.3 is 30.2 Å². The molecule has 238 valence electrons. The van der Waals surface area contributed by atoms with E-state index in [1.807, 2.05) is 52.3 Å². The zero-order valence-electron chi connectivity index (χ0n) is 25.8. The molecule has 1 atom stereocenters. The molecule has 1 aromatic heterocycles. The van der Waals surface area contributed by atoms with Crippen LogP contribution in [0.2, 0.25) is 0 Å². The summed E-state index contributed by atoms with van der Waals surface area (Å²) in [4.78, 5) is 48.7. The predicted molar refractivity (Wildman–Crippen MR) is 171 cm³/mol. The second-order valence-electron chi connectivity index (χ2n) is 12.9. The standard InChI is InChI=1S/C33H43N9O3/c43-31(40-16-10-25(11-17-40)39-14-4-1-5-15-39)30(21-23-8-9-28-29(20-23)37-38-36-28)35-32(44)41-18-12-26(13-19-41)42-22-24-6-2-3-7-27(24)34-33(42)45/h2-3,6-9,20,25-26,30H,1,4-5,10-19,21-22H2,(H,34,45)(H,35,44)(H,36,37,38). The molecule has 0 bridgehead atoms. The van der Waals surface area contributed by atoms with E-state index in [2.05, 4.69) is 30.9 Å². The maximum atomic E-state index is 14.0. The number of anilines is 1. The van der Waals surface area contributed by atoms with E-state index in [0.717, 1.165) is 53.8 Å².